The number of urea groups is 1. The van der Waals surface area contributed by atoms with Crippen LogP contribution in [-0.4, -0.2) is 25.1 Å². The van der Waals surface area contributed by atoms with Crippen LogP contribution in [0.2, 0.25) is 5.02 Å². The normalized spacial score (nSPS) is 10.9. The summed E-state index contributed by atoms with van der Waals surface area (Å²) in [5.41, 5.74) is 1.23. The Labute approximate surface area is 161 Å². The second-order valence-corrected chi connectivity index (χ2v) is 6.78. The zero-order valence-corrected chi connectivity index (χ0v) is 15.9. The van der Waals surface area contributed by atoms with Gasteiger partial charge in [0.2, 0.25) is 5.76 Å². The Kier molecular flexibility index (Phi) is 5.37. The number of nitrogens with zero attached hydrogens (tertiary/aromatic N) is 1. The topological polar surface area (TPSA) is 71.8 Å². The van der Waals surface area contributed by atoms with Gasteiger partial charge in [-0.2, -0.15) is 0 Å². The molecule has 0 spiro atoms. The average Bonchev–Trinajstić information content (AvgIpc) is 3.04. The number of fused-ring (bicyclic) bond motifs is 1. The van der Waals surface area contributed by atoms with Crippen molar-refractivity contribution in [2.75, 3.05) is 11.9 Å². The number of hydrogen-bond donors (Lipinski definition) is 1. The third-order valence-corrected chi connectivity index (χ3v) is 4.07. The molecule has 0 fully saturated rings. The monoisotopic (exact) mass is 386 g/mol. The lowest BCUT2D eigenvalue weighted by Crippen LogP contribution is -2.40. The number of rotatable bonds is 4. The number of carbonyl (C=O) groups excluding carboxylic acids is 2. The Morgan fingerprint density at radius 2 is 1.81 bits per heavy atom. The van der Waals surface area contributed by atoms with E-state index >= 15 is 0 Å². The number of halogens is 1. The molecule has 3 rings (SSSR count). The lowest BCUT2D eigenvalue weighted by molar-refractivity contribution is 0.0704. The second kappa shape index (κ2) is 7.72. The highest BCUT2D eigenvalue weighted by atomic mass is 35.5. The van der Waals surface area contributed by atoms with Gasteiger partial charge in [0, 0.05) is 29.2 Å². The molecule has 0 bridgehead atoms. The molecule has 0 aliphatic heterocycles. The highest BCUT2D eigenvalue weighted by Gasteiger charge is 2.16. The minimum absolute atomic E-state index is 0.0406. The first-order chi connectivity index (χ1) is 12.8. The maximum Gasteiger partial charge on any atom is 0.379 e. The standard InChI is InChI=1S/C20H19ClN2O4/c1-12(2)22-20(25)23(3)15-5-7-16(8-6-15)26-19(24)18-11-13-10-14(21)4-9-17(13)27-18/h4-12H,1-3H3,(H,22,25). The number of hydrogen-bond acceptors (Lipinski definition) is 4. The van der Waals surface area contributed by atoms with E-state index in [4.69, 9.17) is 20.8 Å². The van der Waals surface area contributed by atoms with Crippen molar-refractivity contribution in [1.82, 2.24) is 5.32 Å². The fraction of sp³-hybridized carbons (Fsp3) is 0.200. The van der Waals surface area contributed by atoms with E-state index in [1.165, 1.54) is 4.90 Å². The largest absolute Gasteiger partial charge is 0.449 e. The van der Waals surface area contributed by atoms with Gasteiger partial charge >= 0.3 is 12.0 Å². The highest BCUT2D eigenvalue weighted by Crippen LogP contribution is 2.25. The van der Waals surface area contributed by atoms with Gasteiger partial charge in [0.25, 0.3) is 0 Å². The zero-order valence-electron chi connectivity index (χ0n) is 15.2. The summed E-state index contributed by atoms with van der Waals surface area (Å²) in [6.07, 6.45) is 0. The zero-order chi connectivity index (χ0) is 19.6. The van der Waals surface area contributed by atoms with Crippen molar-refractivity contribution in [1.29, 1.82) is 0 Å². The number of esters is 1. The molecule has 3 aromatic rings. The fourth-order valence-corrected chi connectivity index (χ4v) is 2.65. The number of furan rings is 1. The SMILES string of the molecule is CC(C)NC(=O)N(C)c1ccc(OC(=O)c2cc3cc(Cl)ccc3o2)cc1. The lowest BCUT2D eigenvalue weighted by atomic mass is 10.2. The number of anilines is 1. The van der Waals surface area contributed by atoms with E-state index in [-0.39, 0.29) is 17.8 Å². The van der Waals surface area contributed by atoms with Crippen LogP contribution in [0.1, 0.15) is 24.4 Å². The van der Waals surface area contributed by atoms with E-state index in [1.54, 1.807) is 55.6 Å². The Morgan fingerprint density at radius 1 is 1.11 bits per heavy atom. The molecule has 0 aliphatic carbocycles. The van der Waals surface area contributed by atoms with Crippen LogP contribution < -0.4 is 15.0 Å². The number of benzene rings is 2. The summed E-state index contributed by atoms with van der Waals surface area (Å²) in [5, 5.41) is 4.09. The van der Waals surface area contributed by atoms with Gasteiger partial charge in [-0.1, -0.05) is 11.6 Å². The molecule has 1 aromatic heterocycles. The number of carbonyl (C=O) groups is 2. The van der Waals surface area contributed by atoms with Crippen molar-refractivity contribution in [2.24, 2.45) is 0 Å². The molecule has 1 N–H and O–H groups in total. The van der Waals surface area contributed by atoms with Crippen molar-refractivity contribution in [2.45, 2.75) is 19.9 Å². The lowest BCUT2D eigenvalue weighted by Gasteiger charge is -2.19. The van der Waals surface area contributed by atoms with Gasteiger partial charge in [0.05, 0.1) is 0 Å². The number of amides is 2. The molecule has 2 amide bonds. The Bertz CT molecular complexity index is 979. The first-order valence-corrected chi connectivity index (χ1v) is 8.77. The maximum absolute atomic E-state index is 12.3. The Balaban J connectivity index is 1.70. The molecule has 0 atom stereocenters. The van der Waals surface area contributed by atoms with Crippen molar-refractivity contribution < 1.29 is 18.7 Å². The molecule has 0 unspecified atom stereocenters. The summed E-state index contributed by atoms with van der Waals surface area (Å²) < 4.78 is 10.8. The third-order valence-electron chi connectivity index (χ3n) is 3.83. The summed E-state index contributed by atoms with van der Waals surface area (Å²) in [6.45, 7) is 3.78. The molecule has 6 nitrogen and oxygen atoms in total. The van der Waals surface area contributed by atoms with Crippen LogP contribution in [0, 0.1) is 0 Å². The third kappa shape index (κ3) is 4.41. The molecule has 0 saturated carbocycles. The van der Waals surface area contributed by atoms with Gasteiger partial charge in [0.15, 0.2) is 0 Å². The van der Waals surface area contributed by atoms with Crippen LogP contribution in [0.5, 0.6) is 5.75 Å². The van der Waals surface area contributed by atoms with Crippen molar-refractivity contribution in [3.63, 3.8) is 0 Å². The fourth-order valence-electron chi connectivity index (χ4n) is 2.47. The van der Waals surface area contributed by atoms with Gasteiger partial charge < -0.3 is 14.5 Å². The van der Waals surface area contributed by atoms with E-state index in [1.807, 2.05) is 13.8 Å². The van der Waals surface area contributed by atoms with Gasteiger partial charge in [-0.05, 0) is 62.4 Å². The van der Waals surface area contributed by atoms with Crippen LogP contribution in [0.4, 0.5) is 10.5 Å². The van der Waals surface area contributed by atoms with Gasteiger partial charge in [-0.15, -0.1) is 0 Å². The maximum atomic E-state index is 12.3. The second-order valence-electron chi connectivity index (χ2n) is 6.34. The van der Waals surface area contributed by atoms with Crippen molar-refractivity contribution >= 4 is 40.3 Å². The van der Waals surface area contributed by atoms with Gasteiger partial charge in [0.1, 0.15) is 11.3 Å². The van der Waals surface area contributed by atoms with Gasteiger partial charge in [-0.25, -0.2) is 9.59 Å². The van der Waals surface area contributed by atoms with E-state index < -0.39 is 5.97 Å². The summed E-state index contributed by atoms with van der Waals surface area (Å²) in [7, 11) is 1.66. The highest BCUT2D eigenvalue weighted by molar-refractivity contribution is 6.31. The molecule has 27 heavy (non-hydrogen) atoms. The Morgan fingerprint density at radius 3 is 2.48 bits per heavy atom. The van der Waals surface area contributed by atoms with Crippen LogP contribution in [-0.2, 0) is 0 Å². The van der Waals surface area contributed by atoms with Crippen molar-refractivity contribution in [3.05, 3.63) is 59.3 Å². The summed E-state index contributed by atoms with van der Waals surface area (Å²) in [6, 6.07) is 13.1. The van der Waals surface area contributed by atoms with Crippen LogP contribution in [0.3, 0.4) is 0 Å². The number of ether oxygens (including phenoxy) is 1. The van der Waals surface area contributed by atoms with E-state index in [9.17, 15) is 9.59 Å². The molecular formula is C20H19ClN2O4. The summed E-state index contributed by atoms with van der Waals surface area (Å²) in [4.78, 5) is 25.8. The van der Waals surface area contributed by atoms with Crippen LogP contribution >= 0.6 is 11.6 Å². The van der Waals surface area contributed by atoms with Crippen LogP contribution in [0.25, 0.3) is 11.0 Å². The Hall–Kier alpha value is -2.99. The quantitative estimate of drug-likeness (QED) is 0.513. The molecule has 7 heteroatoms. The first kappa shape index (κ1) is 18.8. The molecule has 2 aromatic carbocycles. The average molecular weight is 387 g/mol. The van der Waals surface area contributed by atoms with E-state index in [0.717, 1.165) is 5.39 Å². The molecule has 0 radical (unpaired) electrons. The summed E-state index contributed by atoms with van der Waals surface area (Å²) >= 11 is 5.94. The number of nitrogens with one attached hydrogen (secondary N) is 1. The minimum atomic E-state index is -0.610. The summed E-state index contributed by atoms with van der Waals surface area (Å²) in [5.74, 6) is -0.175. The molecule has 1 heterocycles. The van der Waals surface area contributed by atoms with Gasteiger partial charge in [-0.3, -0.25) is 4.90 Å². The van der Waals surface area contributed by atoms with E-state index in [0.29, 0.717) is 22.0 Å². The van der Waals surface area contributed by atoms with Crippen molar-refractivity contribution in [3.8, 4) is 5.75 Å². The molecule has 0 aliphatic rings. The van der Waals surface area contributed by atoms with Crippen LogP contribution in [0.15, 0.2) is 52.9 Å². The molecular weight excluding hydrogens is 368 g/mol. The molecule has 140 valence electrons. The smallest absolute Gasteiger partial charge is 0.379 e. The van der Waals surface area contributed by atoms with E-state index in [2.05, 4.69) is 5.32 Å². The first-order valence-electron chi connectivity index (χ1n) is 8.39. The predicted molar refractivity (Wildman–Crippen MR) is 105 cm³/mol. The predicted octanol–water partition coefficient (Wildman–Crippen LogP) is 4.86. The minimum Gasteiger partial charge on any atom is -0.449 e. The molecule has 0 saturated heterocycles.